The Balaban J connectivity index is 1.98. The summed E-state index contributed by atoms with van der Waals surface area (Å²) in [7, 11) is 3.08. The Bertz CT molecular complexity index is 865. The van der Waals surface area contributed by atoms with Crippen molar-refractivity contribution in [1.82, 2.24) is 10.2 Å². The van der Waals surface area contributed by atoms with Gasteiger partial charge in [0, 0.05) is 6.04 Å². The fourth-order valence-corrected chi connectivity index (χ4v) is 4.15. The summed E-state index contributed by atoms with van der Waals surface area (Å²) >= 11 is 5.92. The molecule has 1 heterocycles. The highest BCUT2D eigenvalue weighted by Crippen LogP contribution is 2.33. The monoisotopic (exact) mass is 448 g/mol. The van der Waals surface area contributed by atoms with Crippen LogP contribution in [0.2, 0.25) is 0 Å². The van der Waals surface area contributed by atoms with Crippen LogP contribution in [0.15, 0.2) is 41.0 Å². The first-order chi connectivity index (χ1) is 15.1. The van der Waals surface area contributed by atoms with Crippen LogP contribution in [0, 0.1) is 0 Å². The van der Waals surface area contributed by atoms with Gasteiger partial charge < -0.3 is 24.1 Å². The molecule has 0 radical (unpaired) electrons. The Morgan fingerprint density at radius 1 is 1.16 bits per heavy atom. The fraction of sp³-hybridized carbons (Fsp3) is 0.478. The molecule has 8 heteroatoms. The van der Waals surface area contributed by atoms with Crippen molar-refractivity contribution >= 4 is 23.4 Å². The second-order valence-corrected chi connectivity index (χ2v) is 7.86. The van der Waals surface area contributed by atoms with E-state index in [4.69, 9.17) is 25.5 Å². The highest BCUT2D eigenvalue weighted by Gasteiger charge is 2.33. The fourth-order valence-electron chi connectivity index (χ4n) is 3.99. The Kier molecular flexibility index (Phi) is 8.23. The standard InChI is InChI=1S/C23H29ClN2O5/c1-29-19-11-10-16(13-20(19)30-2)22(23(28)25-17-7-4-3-5-8-17)26(21(27)14-24)15-18-9-6-12-31-18/h6,9-13,17,22H,3-5,7-8,14-15H2,1-2H3,(H,25,28)/t22-/m0/s1. The van der Waals surface area contributed by atoms with Gasteiger partial charge in [-0.2, -0.15) is 0 Å². The smallest absolute Gasteiger partial charge is 0.247 e. The van der Waals surface area contributed by atoms with Crippen molar-refractivity contribution in [1.29, 1.82) is 0 Å². The largest absolute Gasteiger partial charge is 0.493 e. The molecule has 2 aromatic rings. The summed E-state index contributed by atoms with van der Waals surface area (Å²) in [6.07, 6.45) is 6.76. The van der Waals surface area contributed by atoms with Gasteiger partial charge in [-0.1, -0.05) is 25.3 Å². The third-order valence-corrected chi connectivity index (χ3v) is 5.80. The second-order valence-electron chi connectivity index (χ2n) is 7.60. The van der Waals surface area contributed by atoms with Crippen molar-refractivity contribution < 1.29 is 23.5 Å². The van der Waals surface area contributed by atoms with Crippen LogP contribution >= 0.6 is 11.6 Å². The van der Waals surface area contributed by atoms with E-state index < -0.39 is 6.04 Å². The van der Waals surface area contributed by atoms with E-state index in [1.165, 1.54) is 24.7 Å². The molecule has 1 aromatic carbocycles. The molecule has 0 saturated heterocycles. The van der Waals surface area contributed by atoms with E-state index in [1.54, 1.807) is 37.4 Å². The molecule has 1 atom stereocenters. The number of carbonyl (C=O) groups is 2. The molecule has 1 aliphatic carbocycles. The van der Waals surface area contributed by atoms with E-state index in [-0.39, 0.29) is 30.3 Å². The van der Waals surface area contributed by atoms with Crippen LogP contribution in [0.25, 0.3) is 0 Å². The number of rotatable bonds is 9. The molecule has 1 saturated carbocycles. The summed E-state index contributed by atoms with van der Waals surface area (Å²) in [6, 6.07) is 7.93. The SMILES string of the molecule is COc1ccc([C@@H](C(=O)NC2CCCCC2)N(Cc2ccco2)C(=O)CCl)cc1OC. The summed E-state index contributed by atoms with van der Waals surface area (Å²) < 4.78 is 16.2. The Labute approximate surface area is 187 Å². The number of carbonyl (C=O) groups excluding carboxylic acids is 2. The lowest BCUT2D eigenvalue weighted by atomic mass is 9.94. The van der Waals surface area contributed by atoms with E-state index in [0.717, 1.165) is 25.7 Å². The van der Waals surface area contributed by atoms with Crippen LogP contribution in [0.4, 0.5) is 0 Å². The van der Waals surface area contributed by atoms with Crippen molar-refractivity contribution in [2.24, 2.45) is 0 Å². The first-order valence-corrected chi connectivity index (χ1v) is 11.0. The van der Waals surface area contributed by atoms with Gasteiger partial charge in [0.1, 0.15) is 17.7 Å². The lowest BCUT2D eigenvalue weighted by molar-refractivity contribution is -0.140. The molecule has 1 aromatic heterocycles. The normalized spacial score (nSPS) is 15.2. The van der Waals surface area contributed by atoms with E-state index in [1.807, 2.05) is 0 Å². The minimum atomic E-state index is -0.891. The number of ether oxygens (including phenoxy) is 2. The number of nitrogens with one attached hydrogen (secondary N) is 1. The molecule has 0 spiro atoms. The molecule has 1 N–H and O–H groups in total. The number of furan rings is 1. The number of amides is 2. The van der Waals surface area contributed by atoms with Crippen molar-refractivity contribution in [2.45, 2.75) is 50.7 Å². The van der Waals surface area contributed by atoms with Gasteiger partial charge in [-0.3, -0.25) is 9.59 Å². The Morgan fingerprint density at radius 2 is 1.90 bits per heavy atom. The topological polar surface area (TPSA) is 81.0 Å². The van der Waals surface area contributed by atoms with Crippen LogP contribution in [0.5, 0.6) is 11.5 Å². The highest BCUT2D eigenvalue weighted by molar-refractivity contribution is 6.27. The van der Waals surface area contributed by atoms with Crippen LogP contribution < -0.4 is 14.8 Å². The highest BCUT2D eigenvalue weighted by atomic mass is 35.5. The van der Waals surface area contributed by atoms with Crippen LogP contribution in [0.3, 0.4) is 0 Å². The summed E-state index contributed by atoms with van der Waals surface area (Å²) in [6.45, 7) is 0.121. The van der Waals surface area contributed by atoms with Crippen molar-refractivity contribution in [2.75, 3.05) is 20.1 Å². The number of halogens is 1. The summed E-state index contributed by atoms with van der Waals surface area (Å²) in [4.78, 5) is 27.8. The lowest BCUT2D eigenvalue weighted by Gasteiger charge is -2.33. The predicted molar refractivity (Wildman–Crippen MR) is 117 cm³/mol. The number of hydrogen-bond donors (Lipinski definition) is 1. The lowest BCUT2D eigenvalue weighted by Crippen LogP contribution is -2.47. The summed E-state index contributed by atoms with van der Waals surface area (Å²) in [5, 5.41) is 3.14. The maximum Gasteiger partial charge on any atom is 0.247 e. The van der Waals surface area contributed by atoms with Crippen molar-refractivity contribution in [3.05, 3.63) is 47.9 Å². The maximum absolute atomic E-state index is 13.5. The first kappa shape index (κ1) is 23.0. The molecule has 0 bridgehead atoms. The number of methoxy groups -OCH3 is 2. The van der Waals surface area contributed by atoms with E-state index >= 15 is 0 Å². The van der Waals surface area contributed by atoms with Gasteiger partial charge in [0.2, 0.25) is 11.8 Å². The average Bonchev–Trinajstić information content (AvgIpc) is 3.31. The molecule has 3 rings (SSSR count). The number of alkyl halides is 1. The molecule has 1 aliphatic rings. The quantitative estimate of drug-likeness (QED) is 0.585. The zero-order chi connectivity index (χ0) is 22.2. The Hall–Kier alpha value is -2.67. The molecule has 0 aliphatic heterocycles. The average molecular weight is 449 g/mol. The molecule has 1 fully saturated rings. The van der Waals surface area contributed by atoms with Gasteiger partial charge in [-0.25, -0.2) is 0 Å². The van der Waals surface area contributed by atoms with Gasteiger partial charge in [0.15, 0.2) is 11.5 Å². The van der Waals surface area contributed by atoms with Crippen molar-refractivity contribution in [3.63, 3.8) is 0 Å². The van der Waals surface area contributed by atoms with E-state index in [2.05, 4.69) is 5.32 Å². The molecule has 168 valence electrons. The van der Waals surface area contributed by atoms with Gasteiger partial charge in [0.25, 0.3) is 0 Å². The van der Waals surface area contributed by atoms with Gasteiger partial charge in [-0.05, 0) is 42.7 Å². The van der Waals surface area contributed by atoms with Crippen molar-refractivity contribution in [3.8, 4) is 11.5 Å². The molecule has 7 nitrogen and oxygen atoms in total. The molecular weight excluding hydrogens is 420 g/mol. The number of benzene rings is 1. The van der Waals surface area contributed by atoms with Crippen LogP contribution in [-0.4, -0.2) is 42.9 Å². The third-order valence-electron chi connectivity index (χ3n) is 5.58. The minimum Gasteiger partial charge on any atom is -0.493 e. The molecule has 2 amide bonds. The van der Waals surface area contributed by atoms with Gasteiger partial charge in [0.05, 0.1) is 27.0 Å². The number of hydrogen-bond acceptors (Lipinski definition) is 5. The number of nitrogens with zero attached hydrogens (tertiary/aromatic N) is 1. The summed E-state index contributed by atoms with van der Waals surface area (Å²) in [5.41, 5.74) is 0.607. The maximum atomic E-state index is 13.5. The van der Waals surface area contributed by atoms with E-state index in [9.17, 15) is 9.59 Å². The first-order valence-electron chi connectivity index (χ1n) is 10.5. The minimum absolute atomic E-state index is 0.0976. The molecule has 0 unspecified atom stereocenters. The molecular formula is C23H29ClN2O5. The predicted octanol–water partition coefficient (Wildman–Crippen LogP) is 4.05. The summed E-state index contributed by atoms with van der Waals surface area (Å²) in [5.74, 6) is 0.724. The molecule has 31 heavy (non-hydrogen) atoms. The van der Waals surface area contributed by atoms with Gasteiger partial charge >= 0.3 is 0 Å². The third kappa shape index (κ3) is 5.73. The van der Waals surface area contributed by atoms with Gasteiger partial charge in [-0.15, -0.1) is 11.6 Å². The second kappa shape index (κ2) is 11.1. The van der Waals surface area contributed by atoms with E-state index in [0.29, 0.717) is 22.8 Å². The Morgan fingerprint density at radius 3 is 2.52 bits per heavy atom. The zero-order valence-electron chi connectivity index (χ0n) is 17.9. The van der Waals surface area contributed by atoms with Crippen LogP contribution in [0.1, 0.15) is 49.5 Å². The van der Waals surface area contributed by atoms with Crippen LogP contribution in [-0.2, 0) is 16.1 Å². The zero-order valence-corrected chi connectivity index (χ0v) is 18.7.